The highest BCUT2D eigenvalue weighted by atomic mass is 16.5. The fourth-order valence-electron chi connectivity index (χ4n) is 2.90. The third-order valence-corrected chi connectivity index (χ3v) is 4.18. The summed E-state index contributed by atoms with van der Waals surface area (Å²) in [6.45, 7) is 3.85. The topological polar surface area (TPSA) is 52.0 Å². The van der Waals surface area contributed by atoms with Crippen LogP contribution in [0.3, 0.4) is 0 Å². The minimum atomic E-state index is 0.455. The van der Waals surface area contributed by atoms with E-state index in [0.717, 1.165) is 55.3 Å². The quantitative estimate of drug-likeness (QED) is 0.890. The molecule has 0 amide bonds. The van der Waals surface area contributed by atoms with Crippen LogP contribution in [0.4, 0.5) is 0 Å². The van der Waals surface area contributed by atoms with Crippen molar-refractivity contribution in [3.8, 4) is 5.75 Å². The highest BCUT2D eigenvalue weighted by Crippen LogP contribution is 2.18. The summed E-state index contributed by atoms with van der Waals surface area (Å²) in [5.74, 6) is 2.99. The van der Waals surface area contributed by atoms with E-state index in [-0.39, 0.29) is 0 Å². The Balaban J connectivity index is 1.52. The highest BCUT2D eigenvalue weighted by molar-refractivity contribution is 5.57. The molecule has 1 aliphatic rings. The van der Waals surface area contributed by atoms with Crippen molar-refractivity contribution in [3.05, 3.63) is 47.6 Å². The van der Waals surface area contributed by atoms with E-state index in [2.05, 4.69) is 45.2 Å². The zero-order valence-electron chi connectivity index (χ0n) is 13.8. The van der Waals surface area contributed by atoms with Gasteiger partial charge in [0.1, 0.15) is 11.6 Å². The molecule has 0 bridgehead atoms. The molecule has 0 saturated carbocycles. The molecule has 0 saturated heterocycles. The number of aryl methyl sites for hydroxylation is 2. The summed E-state index contributed by atoms with van der Waals surface area (Å²) < 4.78 is 7.41. The number of benzene rings is 1. The van der Waals surface area contributed by atoms with Crippen LogP contribution in [0.15, 0.2) is 30.3 Å². The van der Waals surface area contributed by atoms with Crippen molar-refractivity contribution in [2.24, 2.45) is 0 Å². The molecule has 2 heterocycles. The molecule has 3 rings (SSSR count). The Morgan fingerprint density at radius 3 is 3.09 bits per heavy atom. The number of aromatic nitrogens is 3. The van der Waals surface area contributed by atoms with Gasteiger partial charge in [-0.15, -0.1) is 0 Å². The van der Waals surface area contributed by atoms with E-state index in [4.69, 9.17) is 4.74 Å². The van der Waals surface area contributed by atoms with Crippen molar-refractivity contribution < 1.29 is 4.74 Å². The fourth-order valence-corrected chi connectivity index (χ4v) is 2.90. The summed E-state index contributed by atoms with van der Waals surface area (Å²) >= 11 is 0. The smallest absolute Gasteiger partial charge is 0.150 e. The predicted octanol–water partition coefficient (Wildman–Crippen LogP) is 2.47. The van der Waals surface area contributed by atoms with Crippen LogP contribution in [-0.2, 0) is 19.4 Å². The molecular formula is C18H24N4O. The molecule has 1 aromatic carbocycles. The number of hydrogen-bond acceptors (Lipinski definition) is 4. The second-order valence-electron chi connectivity index (χ2n) is 5.77. The highest BCUT2D eigenvalue weighted by Gasteiger charge is 2.20. The number of rotatable bonds is 6. The van der Waals surface area contributed by atoms with Gasteiger partial charge in [0, 0.05) is 31.0 Å². The van der Waals surface area contributed by atoms with E-state index in [1.54, 1.807) is 7.11 Å². The Morgan fingerprint density at radius 2 is 2.26 bits per heavy atom. The van der Waals surface area contributed by atoms with Gasteiger partial charge in [-0.2, -0.15) is 5.10 Å². The molecule has 0 radical (unpaired) electrons. The van der Waals surface area contributed by atoms with Crippen LogP contribution in [0, 0.1) is 0 Å². The standard InChI is InChI=1S/C18H24N4O/c1-3-17-20-18-11-10-15(13-22(18)21-17)19-12-6-8-14-7-4-5-9-16(14)23-2/h4-9,15,19H,3,10-13H2,1-2H3/b8-6+. The van der Waals surface area contributed by atoms with Crippen LogP contribution in [0.25, 0.3) is 6.08 Å². The minimum Gasteiger partial charge on any atom is -0.496 e. The number of nitrogens with zero attached hydrogens (tertiary/aromatic N) is 3. The lowest BCUT2D eigenvalue weighted by atomic mass is 10.1. The Morgan fingerprint density at radius 1 is 1.39 bits per heavy atom. The third kappa shape index (κ3) is 3.79. The molecule has 122 valence electrons. The molecule has 1 aliphatic heterocycles. The van der Waals surface area contributed by atoms with Crippen molar-refractivity contribution in [2.75, 3.05) is 13.7 Å². The van der Waals surface area contributed by atoms with E-state index in [0.29, 0.717) is 6.04 Å². The maximum absolute atomic E-state index is 5.35. The maximum Gasteiger partial charge on any atom is 0.150 e. The average molecular weight is 312 g/mol. The van der Waals surface area contributed by atoms with Gasteiger partial charge in [0.25, 0.3) is 0 Å². The number of methoxy groups -OCH3 is 1. The monoisotopic (exact) mass is 312 g/mol. The lowest BCUT2D eigenvalue weighted by Crippen LogP contribution is -2.37. The van der Waals surface area contributed by atoms with Gasteiger partial charge in [-0.05, 0) is 12.5 Å². The van der Waals surface area contributed by atoms with Gasteiger partial charge < -0.3 is 10.1 Å². The van der Waals surface area contributed by atoms with Gasteiger partial charge in [-0.25, -0.2) is 9.67 Å². The van der Waals surface area contributed by atoms with Crippen LogP contribution < -0.4 is 10.1 Å². The van der Waals surface area contributed by atoms with Crippen molar-refractivity contribution in [1.82, 2.24) is 20.1 Å². The van der Waals surface area contributed by atoms with Crippen molar-refractivity contribution in [3.63, 3.8) is 0 Å². The Labute approximate surface area is 137 Å². The maximum atomic E-state index is 5.35. The van der Waals surface area contributed by atoms with Crippen LogP contribution in [0.2, 0.25) is 0 Å². The zero-order valence-corrected chi connectivity index (χ0v) is 13.8. The summed E-state index contributed by atoms with van der Waals surface area (Å²) in [6.07, 6.45) is 7.27. The molecule has 0 spiro atoms. The summed E-state index contributed by atoms with van der Waals surface area (Å²) in [4.78, 5) is 4.56. The van der Waals surface area contributed by atoms with Crippen LogP contribution >= 0.6 is 0 Å². The zero-order chi connectivity index (χ0) is 16.1. The first kappa shape index (κ1) is 15.7. The third-order valence-electron chi connectivity index (χ3n) is 4.18. The van der Waals surface area contributed by atoms with Gasteiger partial charge >= 0.3 is 0 Å². The van der Waals surface area contributed by atoms with Crippen molar-refractivity contribution in [2.45, 2.75) is 38.8 Å². The van der Waals surface area contributed by atoms with Crippen molar-refractivity contribution >= 4 is 6.08 Å². The minimum absolute atomic E-state index is 0.455. The molecule has 23 heavy (non-hydrogen) atoms. The van der Waals surface area contributed by atoms with E-state index >= 15 is 0 Å². The number of fused-ring (bicyclic) bond motifs is 1. The largest absolute Gasteiger partial charge is 0.496 e. The predicted molar refractivity (Wildman–Crippen MR) is 91.5 cm³/mol. The first-order valence-electron chi connectivity index (χ1n) is 8.25. The second kappa shape index (κ2) is 7.42. The van der Waals surface area contributed by atoms with Crippen molar-refractivity contribution in [1.29, 1.82) is 0 Å². The number of ether oxygens (including phenoxy) is 1. The number of para-hydroxylation sites is 1. The molecule has 5 nitrogen and oxygen atoms in total. The Kier molecular flexibility index (Phi) is 5.08. The Bertz CT molecular complexity index is 677. The van der Waals surface area contributed by atoms with E-state index < -0.39 is 0 Å². The Hall–Kier alpha value is -2.14. The van der Waals surface area contributed by atoms with Crippen LogP contribution in [0.1, 0.15) is 30.6 Å². The summed E-state index contributed by atoms with van der Waals surface area (Å²) in [7, 11) is 1.70. The average Bonchev–Trinajstić information content (AvgIpc) is 3.01. The van der Waals surface area contributed by atoms with Gasteiger partial charge in [-0.1, -0.05) is 37.3 Å². The molecule has 1 N–H and O–H groups in total. The molecule has 0 fully saturated rings. The van der Waals surface area contributed by atoms with E-state index in [1.165, 1.54) is 0 Å². The summed E-state index contributed by atoms with van der Waals surface area (Å²) in [5, 5.41) is 8.13. The van der Waals surface area contributed by atoms with E-state index in [1.807, 2.05) is 18.2 Å². The van der Waals surface area contributed by atoms with E-state index in [9.17, 15) is 0 Å². The van der Waals surface area contributed by atoms with Gasteiger partial charge in [0.15, 0.2) is 5.82 Å². The molecule has 5 heteroatoms. The normalized spacial score (nSPS) is 17.4. The van der Waals surface area contributed by atoms with Crippen LogP contribution in [-0.4, -0.2) is 34.5 Å². The van der Waals surface area contributed by atoms with Gasteiger partial charge in [0.05, 0.1) is 13.7 Å². The first-order valence-corrected chi connectivity index (χ1v) is 8.25. The number of nitrogens with one attached hydrogen (secondary N) is 1. The number of hydrogen-bond donors (Lipinski definition) is 1. The fraction of sp³-hybridized carbons (Fsp3) is 0.444. The van der Waals surface area contributed by atoms with Gasteiger partial charge in [-0.3, -0.25) is 0 Å². The molecule has 1 aromatic heterocycles. The molecule has 1 atom stereocenters. The molecule has 2 aromatic rings. The second-order valence-corrected chi connectivity index (χ2v) is 5.77. The summed E-state index contributed by atoms with van der Waals surface area (Å²) in [6, 6.07) is 8.50. The summed E-state index contributed by atoms with van der Waals surface area (Å²) in [5.41, 5.74) is 1.10. The SMILES string of the molecule is CCc1nc2n(n1)CC(NC/C=C/c1ccccc1OC)CC2. The van der Waals surface area contributed by atoms with Gasteiger partial charge in [0.2, 0.25) is 0 Å². The lowest BCUT2D eigenvalue weighted by Gasteiger charge is -2.23. The van der Waals surface area contributed by atoms with Crippen LogP contribution in [0.5, 0.6) is 5.75 Å². The lowest BCUT2D eigenvalue weighted by molar-refractivity contribution is 0.369. The molecular weight excluding hydrogens is 288 g/mol. The molecule has 1 unspecified atom stereocenters. The first-order chi connectivity index (χ1) is 11.3. The molecule has 0 aliphatic carbocycles.